The molecule has 2 fully saturated rings. The lowest BCUT2D eigenvalue weighted by molar-refractivity contribution is 0.00578. The summed E-state index contributed by atoms with van der Waals surface area (Å²) in [4.78, 5) is 8.32. The molecule has 2 aliphatic rings. The normalized spacial score (nSPS) is 14.0. The molecular weight excluding hydrogens is 1540 g/mol. The zero-order valence-corrected chi connectivity index (χ0v) is 68.1. The summed E-state index contributed by atoms with van der Waals surface area (Å²) < 4.78 is 32.5. The number of pyridine rings is 2. The molecular formula is C97H83B3Br2N7O5. The quantitative estimate of drug-likeness (QED) is 0.107. The monoisotopic (exact) mass is 1620 g/mol. The highest BCUT2D eigenvalue weighted by Gasteiger charge is 2.52. The van der Waals surface area contributed by atoms with Gasteiger partial charge in [0.1, 0.15) is 4.60 Å². The second kappa shape index (κ2) is 33.9. The second-order valence-electron chi connectivity index (χ2n) is 29.9. The highest BCUT2D eigenvalue weighted by Crippen LogP contribution is 2.42. The highest BCUT2D eigenvalue weighted by molar-refractivity contribution is 9.10. The maximum atomic E-state index is 9.24. The van der Waals surface area contributed by atoms with Crippen molar-refractivity contribution in [3.05, 3.63) is 348 Å². The number of hydrogen-bond donors (Lipinski definition) is 0. The summed E-state index contributed by atoms with van der Waals surface area (Å²) in [7, 11) is -0.436. The second-order valence-corrected chi connectivity index (χ2v) is 31.6. The minimum Gasteiger partial charge on any atom is -0.412 e. The number of hydrogen-bond acceptors (Lipinski definition) is 8. The number of benzene rings is 12. The van der Waals surface area contributed by atoms with Gasteiger partial charge in [-0.3, -0.25) is 4.98 Å². The van der Waals surface area contributed by atoms with E-state index < -0.39 is 0 Å². The number of fused-ring (bicyclic) bond motifs is 9. The van der Waals surface area contributed by atoms with E-state index in [9.17, 15) is 5.26 Å². The van der Waals surface area contributed by atoms with Gasteiger partial charge in [-0.1, -0.05) is 216 Å². The lowest BCUT2D eigenvalue weighted by atomic mass is 9.78. The molecule has 7 heterocycles. The summed E-state index contributed by atoms with van der Waals surface area (Å²) in [5, 5.41) is 25.2. The molecule has 12 nitrogen and oxygen atoms in total. The van der Waals surface area contributed by atoms with E-state index in [0.717, 1.165) is 49.3 Å². The molecule has 2 saturated heterocycles. The zero-order chi connectivity index (χ0) is 77.9. The van der Waals surface area contributed by atoms with Gasteiger partial charge in [0.2, 0.25) is 0 Å². The minimum atomic E-state index is -0.371. The average Bonchev–Trinajstić information content (AvgIpc) is 1.60. The van der Waals surface area contributed by atoms with Gasteiger partial charge in [0.15, 0.2) is 0 Å². The van der Waals surface area contributed by atoms with Crippen molar-refractivity contribution in [2.24, 2.45) is 0 Å². The Balaban J connectivity index is 0.000000133. The zero-order valence-electron chi connectivity index (χ0n) is 64.9. The molecule has 17 heteroatoms. The van der Waals surface area contributed by atoms with Gasteiger partial charge in [-0.25, -0.2) is 4.98 Å². The van der Waals surface area contributed by atoms with Crippen molar-refractivity contribution in [3.63, 3.8) is 0 Å². The molecule has 3 radical (unpaired) electrons. The molecule has 0 atom stereocenters. The first-order chi connectivity index (χ1) is 54.1. The fraction of sp³-hybridized carbons (Fsp3) is 0.134. The third-order valence-corrected chi connectivity index (χ3v) is 22.5. The van der Waals surface area contributed by atoms with E-state index in [2.05, 4.69) is 390 Å². The van der Waals surface area contributed by atoms with E-state index in [0.29, 0.717) is 15.7 Å². The Hall–Kier alpha value is -11.7. The Bertz CT molecular complexity index is 6380. The highest BCUT2D eigenvalue weighted by atomic mass is 79.9. The molecule has 0 bridgehead atoms. The van der Waals surface area contributed by atoms with Crippen LogP contribution in [0.1, 0.15) is 66.5 Å². The van der Waals surface area contributed by atoms with Crippen LogP contribution in [0.5, 0.6) is 0 Å². The summed E-state index contributed by atoms with van der Waals surface area (Å²) in [5.41, 5.74) is 20.8. The molecule has 17 aromatic rings. The number of aromatic nitrogens is 5. The van der Waals surface area contributed by atoms with E-state index >= 15 is 0 Å². The lowest BCUT2D eigenvalue weighted by Crippen LogP contribution is -2.41. The van der Waals surface area contributed by atoms with Gasteiger partial charge in [0.05, 0.1) is 84.5 Å². The lowest BCUT2D eigenvalue weighted by Gasteiger charge is -2.32. The fourth-order valence-electron chi connectivity index (χ4n) is 14.7. The first kappa shape index (κ1) is 80.3. The van der Waals surface area contributed by atoms with Crippen LogP contribution in [0.3, 0.4) is 0 Å². The Labute approximate surface area is 685 Å². The number of halogens is 2. The van der Waals surface area contributed by atoms with E-state index in [1.807, 2.05) is 37.2 Å². The number of nitrogens with zero attached hydrogens (tertiary/aromatic N) is 7. The van der Waals surface area contributed by atoms with E-state index in [1.54, 1.807) is 30.6 Å². The van der Waals surface area contributed by atoms with Crippen molar-refractivity contribution in [1.29, 1.82) is 10.5 Å². The van der Waals surface area contributed by atoms with Crippen LogP contribution >= 0.6 is 31.9 Å². The Morgan fingerprint density at radius 2 is 0.667 bits per heavy atom. The largest absolute Gasteiger partial charge is 0.494 e. The topological polar surface area (TPSA) is 157 Å². The molecule has 12 aromatic carbocycles. The van der Waals surface area contributed by atoms with Crippen molar-refractivity contribution < 1.29 is 24.1 Å². The van der Waals surface area contributed by atoms with Crippen LogP contribution in [-0.4, -0.2) is 74.2 Å². The van der Waals surface area contributed by atoms with Gasteiger partial charge in [-0.2, -0.15) is 10.5 Å². The molecule has 0 saturated carbocycles. The summed E-state index contributed by atoms with van der Waals surface area (Å²) in [5.74, 6) is 0. The molecule has 0 spiro atoms. The molecule has 19 rings (SSSR count). The number of nitriles is 2. The summed E-state index contributed by atoms with van der Waals surface area (Å²) in [6, 6.07) is 114. The average molecular weight is 1620 g/mol. The minimum absolute atomic E-state index is 0. The van der Waals surface area contributed by atoms with Gasteiger partial charge in [0.25, 0.3) is 0 Å². The molecule has 0 unspecified atom stereocenters. The molecule has 0 aliphatic carbocycles. The van der Waals surface area contributed by atoms with Gasteiger partial charge in [0, 0.05) is 80.2 Å². The first-order valence-corrected chi connectivity index (χ1v) is 39.1. The van der Waals surface area contributed by atoms with E-state index in [1.165, 1.54) is 87.8 Å². The third-order valence-electron chi connectivity index (χ3n) is 21.6. The van der Waals surface area contributed by atoms with Crippen LogP contribution in [0.15, 0.2) is 337 Å². The number of rotatable bonds is 8. The van der Waals surface area contributed by atoms with Crippen molar-refractivity contribution in [1.82, 2.24) is 23.7 Å². The summed E-state index contributed by atoms with van der Waals surface area (Å²) in [6.45, 7) is 18.5. The van der Waals surface area contributed by atoms with Crippen LogP contribution in [0.2, 0.25) is 6.82 Å². The standard InChI is InChI=1S/C30H28BNO2.C30H19N3.C24H16BrN.C7H15BO2.C6H3BrN2.B.H2O/c1-29(2)30(3,4)34-31(33-29)23-12-10-11-21(19-23)22-17-18-26-25-15-8-9-16-27(25)32(28(26)20-22)24-13-6-5-7-14-24;31-20-21-15-16-32-28(17-21)24-8-6-7-22(18-24)23-13-14-27-26-11-4-5-12-29(26)33(30(27)19-23)25-9-2-1-3-10-25;25-19-8-6-7-17(15-19)18-13-14-22-21-11-4-5-12-23(21)26(24(22)16-18)20-9-2-1-3-10-20;1-6(2)7(3,4)10-8(5)9-6;7-6-3-5(4-8)1-2-9-6;;/h5-20H,1-4H3;1-19H;1-16H;1-5H3;1-3H;;1H2. The molecule has 559 valence electrons. The molecule has 114 heavy (non-hydrogen) atoms. The molecule has 5 aromatic heterocycles. The van der Waals surface area contributed by atoms with Gasteiger partial charge >= 0.3 is 14.2 Å². The predicted octanol–water partition coefficient (Wildman–Crippen LogP) is 23.6. The van der Waals surface area contributed by atoms with Crippen molar-refractivity contribution in [2.45, 2.75) is 84.6 Å². The maximum Gasteiger partial charge on any atom is 0.494 e. The Morgan fingerprint density at radius 1 is 0.325 bits per heavy atom. The number of para-hydroxylation sites is 6. The first-order valence-electron chi connectivity index (χ1n) is 37.5. The van der Waals surface area contributed by atoms with E-state index in [-0.39, 0.29) is 50.5 Å². The SMILES string of the molecule is Brc1cccc(-c2ccc3c4ccccc4n(-c4ccccc4)c3c2)c1.CB1OC(C)(C)C(C)(C)O1.CC1(C)OB(c2cccc(-c3ccc4c5ccccc5n(-c5ccccc5)c4c3)c2)OC1(C)C.N#Cc1ccnc(-c2cccc(-c3ccc4c5ccccc5n(-c5ccccc5)c4c3)c2)c1.N#Cc1ccnc(Br)c1.O.[B]. The third kappa shape index (κ3) is 16.6. The van der Waals surface area contributed by atoms with Crippen molar-refractivity contribution in [2.75, 3.05) is 0 Å². The summed E-state index contributed by atoms with van der Waals surface area (Å²) >= 11 is 6.72. The van der Waals surface area contributed by atoms with Gasteiger partial charge in [-0.05, 0) is 232 Å². The van der Waals surface area contributed by atoms with E-state index in [4.69, 9.17) is 23.9 Å². The maximum absolute atomic E-state index is 9.24. The molecule has 2 aliphatic heterocycles. The fourth-order valence-corrected chi connectivity index (χ4v) is 15.4. The van der Waals surface area contributed by atoms with Crippen LogP contribution in [0, 0.1) is 22.7 Å². The predicted molar refractivity (Wildman–Crippen MR) is 478 cm³/mol. The van der Waals surface area contributed by atoms with Gasteiger partial charge in [-0.15, -0.1) is 0 Å². The van der Waals surface area contributed by atoms with Crippen LogP contribution in [0.25, 0.3) is 127 Å². The summed E-state index contributed by atoms with van der Waals surface area (Å²) in [6.07, 6.45) is 3.27. The Morgan fingerprint density at radius 3 is 1.06 bits per heavy atom. The molecule has 2 N–H and O–H groups in total. The van der Waals surface area contributed by atoms with Crippen LogP contribution in [-0.2, 0) is 18.6 Å². The van der Waals surface area contributed by atoms with Crippen LogP contribution in [0.4, 0.5) is 0 Å². The van der Waals surface area contributed by atoms with Crippen molar-refractivity contribution in [3.8, 4) is 73.8 Å². The molecule has 0 amide bonds. The Kier molecular flexibility index (Phi) is 23.9. The van der Waals surface area contributed by atoms with Gasteiger partial charge < -0.3 is 37.8 Å². The smallest absolute Gasteiger partial charge is 0.412 e. The van der Waals surface area contributed by atoms with Crippen molar-refractivity contribution >= 4 is 125 Å². The van der Waals surface area contributed by atoms with Crippen LogP contribution < -0.4 is 5.46 Å².